The molecule has 0 saturated heterocycles. The third kappa shape index (κ3) is 3.35. The summed E-state index contributed by atoms with van der Waals surface area (Å²) in [6.07, 6.45) is 4.56. The van der Waals surface area contributed by atoms with Crippen LogP contribution in [0.3, 0.4) is 0 Å². The number of rotatable bonds is 2. The summed E-state index contributed by atoms with van der Waals surface area (Å²) in [6.45, 7) is 0. The largest absolute Gasteiger partial charge is 0.455 e. The number of fused-ring (bicyclic) bond motifs is 13. The summed E-state index contributed by atoms with van der Waals surface area (Å²) in [5.41, 5.74) is 9.94. The summed E-state index contributed by atoms with van der Waals surface area (Å²) < 4.78 is 13.0. The molecule has 0 saturated carbocycles. The van der Waals surface area contributed by atoms with Crippen molar-refractivity contribution in [2.75, 3.05) is 0 Å². The van der Waals surface area contributed by atoms with Gasteiger partial charge in [-0.25, -0.2) is 0 Å². The fourth-order valence-corrected chi connectivity index (χ4v) is 10.4. The van der Waals surface area contributed by atoms with E-state index in [0.29, 0.717) is 0 Å². The first-order valence-electron chi connectivity index (χ1n) is 15.8. The number of allylic oxidation sites excluding steroid dienone is 1. The zero-order valence-electron chi connectivity index (χ0n) is 24.7. The first-order valence-corrected chi connectivity index (χ1v) is 17.4. The van der Waals surface area contributed by atoms with Crippen molar-refractivity contribution in [3.63, 3.8) is 0 Å². The molecule has 4 heterocycles. The third-order valence-corrected chi connectivity index (χ3v) is 12.3. The predicted octanol–water partition coefficient (Wildman–Crippen LogP) is 12.8. The van der Waals surface area contributed by atoms with E-state index in [0.717, 1.165) is 24.0 Å². The SMILES string of the molecule is C1=C(c2cc3c4ccccc4oc3c3c2sc2ccccc23)CCc2c1sc1cc(-n3c4ccccc4c4ccccc43)ccc21. The van der Waals surface area contributed by atoms with Gasteiger partial charge in [0.25, 0.3) is 0 Å². The molecule has 0 N–H and O–H groups in total. The van der Waals surface area contributed by atoms with Crippen LogP contribution in [0.5, 0.6) is 0 Å². The van der Waals surface area contributed by atoms with E-state index in [-0.39, 0.29) is 0 Å². The van der Waals surface area contributed by atoms with Crippen molar-refractivity contribution in [3.05, 3.63) is 137 Å². The van der Waals surface area contributed by atoms with E-state index >= 15 is 0 Å². The van der Waals surface area contributed by atoms with Crippen molar-refractivity contribution >= 4 is 108 Å². The van der Waals surface area contributed by atoms with Crippen molar-refractivity contribution in [3.8, 4) is 5.69 Å². The minimum Gasteiger partial charge on any atom is -0.455 e. The van der Waals surface area contributed by atoms with Crippen LogP contribution in [-0.2, 0) is 6.42 Å². The third-order valence-electron chi connectivity index (χ3n) is 9.93. The van der Waals surface area contributed by atoms with E-state index < -0.39 is 0 Å². The zero-order chi connectivity index (χ0) is 29.9. The molecule has 0 bridgehead atoms. The molecule has 0 radical (unpaired) electrons. The average molecular weight is 624 g/mol. The maximum atomic E-state index is 6.55. The van der Waals surface area contributed by atoms with Crippen LogP contribution in [0.25, 0.3) is 91.3 Å². The smallest absolute Gasteiger partial charge is 0.144 e. The van der Waals surface area contributed by atoms with Crippen LogP contribution < -0.4 is 0 Å². The summed E-state index contributed by atoms with van der Waals surface area (Å²) in [6, 6.07) is 44.2. The molecular weight excluding hydrogens is 599 g/mol. The van der Waals surface area contributed by atoms with Crippen molar-refractivity contribution < 1.29 is 4.42 Å². The molecule has 0 fully saturated rings. The molecule has 10 aromatic rings. The van der Waals surface area contributed by atoms with Gasteiger partial charge in [0.2, 0.25) is 0 Å². The fraction of sp³-hybridized carbons (Fsp3) is 0.0476. The molecule has 0 unspecified atom stereocenters. The second kappa shape index (κ2) is 9.20. The summed E-state index contributed by atoms with van der Waals surface area (Å²) in [5, 5.41) is 8.92. The molecule has 6 aromatic carbocycles. The van der Waals surface area contributed by atoms with Gasteiger partial charge >= 0.3 is 0 Å². The van der Waals surface area contributed by atoms with Gasteiger partial charge in [-0.3, -0.25) is 0 Å². The van der Waals surface area contributed by atoms with Gasteiger partial charge in [0.05, 0.1) is 11.0 Å². The van der Waals surface area contributed by atoms with Crippen molar-refractivity contribution in [2.24, 2.45) is 0 Å². The van der Waals surface area contributed by atoms with E-state index in [9.17, 15) is 0 Å². The molecule has 1 aliphatic carbocycles. The molecule has 4 aromatic heterocycles. The topological polar surface area (TPSA) is 18.1 Å². The Morgan fingerprint density at radius 1 is 0.565 bits per heavy atom. The van der Waals surface area contributed by atoms with Crippen LogP contribution in [0, 0.1) is 0 Å². The van der Waals surface area contributed by atoms with E-state index in [1.54, 1.807) is 0 Å². The number of hydrogen-bond acceptors (Lipinski definition) is 3. The van der Waals surface area contributed by atoms with Crippen LogP contribution >= 0.6 is 22.7 Å². The normalized spacial score (nSPS) is 13.6. The Morgan fingerprint density at radius 2 is 1.28 bits per heavy atom. The lowest BCUT2D eigenvalue weighted by Gasteiger charge is -2.15. The fourth-order valence-electron chi connectivity index (χ4n) is 7.88. The number of hydrogen-bond donors (Lipinski definition) is 0. The molecule has 1 aliphatic rings. The Bertz CT molecular complexity index is 2870. The van der Waals surface area contributed by atoms with E-state index in [2.05, 4.69) is 132 Å². The standard InChI is InChI=1S/C42H25NOS2/c1-5-13-34-26(9-1)27-10-2-6-14-35(27)43(34)25-18-20-30-29-19-17-24(21-38(29)45-39(30)22-25)32-23-33-28-11-3-7-15-36(28)44-41(33)40-31-12-4-8-16-37(31)46-42(32)40/h1-16,18,20-23H,17,19H2. The molecule has 216 valence electrons. The van der Waals surface area contributed by atoms with E-state index in [1.807, 2.05) is 22.7 Å². The molecule has 2 nitrogen and oxygen atoms in total. The zero-order valence-corrected chi connectivity index (χ0v) is 26.3. The van der Waals surface area contributed by atoms with Gasteiger partial charge in [0.15, 0.2) is 0 Å². The van der Waals surface area contributed by atoms with Crippen LogP contribution in [0.2, 0.25) is 0 Å². The Hall–Kier alpha value is -5.16. The maximum Gasteiger partial charge on any atom is 0.144 e. The lowest BCUT2D eigenvalue weighted by Crippen LogP contribution is -1.97. The van der Waals surface area contributed by atoms with Gasteiger partial charge in [0, 0.05) is 57.0 Å². The summed E-state index contributed by atoms with van der Waals surface area (Å²) in [7, 11) is 0. The van der Waals surface area contributed by atoms with E-state index in [4.69, 9.17) is 4.42 Å². The first kappa shape index (κ1) is 25.1. The second-order valence-corrected chi connectivity index (χ2v) is 14.5. The molecular formula is C42H25NOS2. The number of thiophene rings is 2. The Kier molecular flexibility index (Phi) is 5.01. The highest BCUT2D eigenvalue weighted by Crippen LogP contribution is 2.48. The van der Waals surface area contributed by atoms with Gasteiger partial charge in [-0.05, 0) is 83.5 Å². The van der Waals surface area contributed by atoms with Gasteiger partial charge in [0.1, 0.15) is 11.2 Å². The number of aromatic nitrogens is 1. The number of benzene rings is 6. The minimum absolute atomic E-state index is 0.953. The van der Waals surface area contributed by atoms with Gasteiger partial charge in [-0.1, -0.05) is 78.9 Å². The lowest BCUT2D eigenvalue weighted by atomic mass is 9.90. The summed E-state index contributed by atoms with van der Waals surface area (Å²) in [4.78, 5) is 1.39. The van der Waals surface area contributed by atoms with Crippen LogP contribution in [0.1, 0.15) is 22.4 Å². The molecule has 11 rings (SSSR count). The Labute approximate surface area is 272 Å². The molecule has 0 atom stereocenters. The molecule has 46 heavy (non-hydrogen) atoms. The van der Waals surface area contributed by atoms with Crippen LogP contribution in [0.4, 0.5) is 0 Å². The van der Waals surface area contributed by atoms with Gasteiger partial charge in [-0.2, -0.15) is 0 Å². The monoisotopic (exact) mass is 623 g/mol. The Balaban J connectivity index is 1.12. The highest BCUT2D eigenvalue weighted by Gasteiger charge is 2.23. The highest BCUT2D eigenvalue weighted by atomic mass is 32.1. The summed E-state index contributed by atoms with van der Waals surface area (Å²) in [5.74, 6) is 0. The first-order chi connectivity index (χ1) is 22.8. The molecule has 4 heteroatoms. The number of furan rings is 1. The quantitative estimate of drug-likeness (QED) is 0.187. The molecule has 0 aliphatic heterocycles. The predicted molar refractivity (Wildman–Crippen MR) is 199 cm³/mol. The van der Waals surface area contributed by atoms with Crippen molar-refractivity contribution in [2.45, 2.75) is 12.8 Å². The number of nitrogens with zero attached hydrogens (tertiary/aromatic N) is 1. The summed E-state index contributed by atoms with van der Waals surface area (Å²) >= 11 is 3.83. The van der Waals surface area contributed by atoms with Gasteiger partial charge < -0.3 is 8.98 Å². The van der Waals surface area contributed by atoms with E-state index in [1.165, 1.54) is 90.1 Å². The minimum atomic E-state index is 0.953. The Morgan fingerprint density at radius 3 is 2.11 bits per heavy atom. The van der Waals surface area contributed by atoms with Crippen molar-refractivity contribution in [1.29, 1.82) is 0 Å². The highest BCUT2D eigenvalue weighted by molar-refractivity contribution is 7.26. The lowest BCUT2D eigenvalue weighted by molar-refractivity contribution is 0.673. The second-order valence-electron chi connectivity index (χ2n) is 12.4. The van der Waals surface area contributed by atoms with Crippen LogP contribution in [-0.4, -0.2) is 4.57 Å². The van der Waals surface area contributed by atoms with Crippen molar-refractivity contribution in [1.82, 2.24) is 4.57 Å². The van der Waals surface area contributed by atoms with Crippen LogP contribution in [0.15, 0.2) is 126 Å². The molecule has 0 amide bonds. The number of para-hydroxylation sites is 3. The van der Waals surface area contributed by atoms with Gasteiger partial charge in [-0.15, -0.1) is 22.7 Å². The molecule has 0 spiro atoms. The maximum absolute atomic E-state index is 6.55. The number of aryl methyl sites for hydroxylation is 1. The average Bonchev–Trinajstić information content (AvgIpc) is 3.86.